The predicted octanol–water partition coefficient (Wildman–Crippen LogP) is 6.07. The summed E-state index contributed by atoms with van der Waals surface area (Å²) < 4.78 is 5.99. The van der Waals surface area contributed by atoms with Crippen LogP contribution < -0.4 is 4.90 Å². The first-order chi connectivity index (χ1) is 15.0. The molecule has 7 heteroatoms. The monoisotopic (exact) mass is 456 g/mol. The van der Waals surface area contributed by atoms with Crippen LogP contribution in [-0.2, 0) is 4.74 Å². The summed E-state index contributed by atoms with van der Waals surface area (Å²) in [5, 5.41) is 11.3. The number of anilines is 1. The zero-order valence-electron chi connectivity index (χ0n) is 17.5. The normalized spacial score (nSPS) is 17.5. The number of nitrogens with zero attached hydrogens (tertiary/aromatic N) is 2. The molecule has 31 heavy (non-hydrogen) atoms. The van der Waals surface area contributed by atoms with E-state index in [4.69, 9.17) is 21.3 Å². The first kappa shape index (κ1) is 21.8. The molecule has 162 valence electrons. The van der Waals surface area contributed by atoms with Crippen molar-refractivity contribution in [1.82, 2.24) is 4.98 Å². The lowest BCUT2D eigenvalue weighted by Gasteiger charge is -2.38. The van der Waals surface area contributed by atoms with E-state index in [2.05, 4.69) is 4.90 Å². The first-order valence-electron chi connectivity index (χ1n) is 10.3. The third-order valence-corrected chi connectivity index (χ3v) is 7.32. The maximum Gasteiger partial charge on any atom is 0.337 e. The van der Waals surface area contributed by atoms with Gasteiger partial charge in [0.05, 0.1) is 27.9 Å². The maximum absolute atomic E-state index is 11.7. The van der Waals surface area contributed by atoms with Gasteiger partial charge in [-0.1, -0.05) is 35.9 Å². The fourth-order valence-electron chi connectivity index (χ4n) is 4.31. The summed E-state index contributed by atoms with van der Waals surface area (Å²) in [6.45, 7) is 3.61. The van der Waals surface area contributed by atoms with Gasteiger partial charge in [-0.15, -0.1) is 11.3 Å². The van der Waals surface area contributed by atoms with E-state index in [1.807, 2.05) is 43.3 Å². The Kier molecular flexibility index (Phi) is 6.60. The number of carboxylic acid groups (broad SMARTS) is 1. The molecule has 1 aliphatic rings. The lowest BCUT2D eigenvalue weighted by molar-refractivity contribution is 0.0469. The van der Waals surface area contributed by atoms with Gasteiger partial charge in [0.25, 0.3) is 0 Å². The Hall–Kier alpha value is -2.41. The molecule has 2 aromatic carbocycles. The van der Waals surface area contributed by atoms with E-state index in [0.717, 1.165) is 52.8 Å². The van der Waals surface area contributed by atoms with E-state index in [0.29, 0.717) is 10.6 Å². The second-order valence-corrected chi connectivity index (χ2v) is 9.27. The summed E-state index contributed by atoms with van der Waals surface area (Å²) in [7, 11) is 1.75. The second-order valence-electron chi connectivity index (χ2n) is 7.80. The molecule has 3 aromatic rings. The number of hydrogen-bond donors (Lipinski definition) is 1. The zero-order chi connectivity index (χ0) is 22.0. The molecule has 2 heterocycles. The number of carboxylic acids is 1. The molecule has 0 bridgehead atoms. The average molecular weight is 457 g/mol. The minimum atomic E-state index is -0.896. The molecule has 1 N–H and O–H groups in total. The third kappa shape index (κ3) is 4.61. The molecule has 1 aromatic heterocycles. The van der Waals surface area contributed by atoms with Crippen LogP contribution in [0.2, 0.25) is 5.02 Å². The van der Waals surface area contributed by atoms with Crippen LogP contribution in [0.3, 0.4) is 0 Å². The molecule has 1 fully saturated rings. The summed E-state index contributed by atoms with van der Waals surface area (Å²) in [6.07, 6.45) is 1.93. The van der Waals surface area contributed by atoms with Crippen molar-refractivity contribution in [1.29, 1.82) is 0 Å². The van der Waals surface area contributed by atoms with Gasteiger partial charge >= 0.3 is 5.97 Å². The topological polar surface area (TPSA) is 62.7 Å². The maximum atomic E-state index is 11.7. The highest BCUT2D eigenvalue weighted by molar-refractivity contribution is 7.15. The second kappa shape index (κ2) is 9.39. The number of hydrogen-bond acceptors (Lipinski definition) is 5. The minimum Gasteiger partial charge on any atom is -0.478 e. The van der Waals surface area contributed by atoms with Gasteiger partial charge in [-0.05, 0) is 44.0 Å². The Morgan fingerprint density at radius 2 is 2.00 bits per heavy atom. The fourth-order valence-corrected chi connectivity index (χ4v) is 5.68. The van der Waals surface area contributed by atoms with Crippen molar-refractivity contribution in [2.45, 2.75) is 25.9 Å². The van der Waals surface area contributed by atoms with Crippen molar-refractivity contribution in [3.8, 4) is 10.6 Å². The van der Waals surface area contributed by atoms with Crippen molar-refractivity contribution >= 4 is 34.6 Å². The highest BCUT2D eigenvalue weighted by Crippen LogP contribution is 2.40. The highest BCUT2D eigenvalue weighted by atomic mass is 35.5. The molecule has 5 nitrogen and oxygen atoms in total. The number of aromatic carboxylic acids is 1. The van der Waals surface area contributed by atoms with Crippen LogP contribution in [0.4, 0.5) is 5.69 Å². The number of aromatic nitrogens is 1. The summed E-state index contributed by atoms with van der Waals surface area (Å²) in [5.41, 5.74) is 3.14. The molecule has 0 amide bonds. The van der Waals surface area contributed by atoms with Gasteiger partial charge in [-0.25, -0.2) is 9.78 Å². The number of rotatable bonds is 6. The quantitative estimate of drug-likeness (QED) is 0.487. The van der Waals surface area contributed by atoms with Crippen LogP contribution in [0.25, 0.3) is 10.6 Å². The summed E-state index contributed by atoms with van der Waals surface area (Å²) in [5.74, 6) is -0.648. The smallest absolute Gasteiger partial charge is 0.337 e. The summed E-state index contributed by atoms with van der Waals surface area (Å²) >= 11 is 7.68. The lowest BCUT2D eigenvalue weighted by atomic mass is 9.90. The SMILES string of the molecule is CO[C@@H](c1sc(-c2ccc(Cl)cc2)nc1C)C1CCCN(c2ccccc2C(=O)O)C1. The lowest BCUT2D eigenvalue weighted by Crippen LogP contribution is -2.39. The van der Waals surface area contributed by atoms with Crippen LogP contribution >= 0.6 is 22.9 Å². The van der Waals surface area contributed by atoms with Crippen molar-refractivity contribution in [3.63, 3.8) is 0 Å². The molecule has 0 spiro atoms. The zero-order valence-corrected chi connectivity index (χ0v) is 19.1. The third-order valence-electron chi connectivity index (χ3n) is 5.80. The van der Waals surface area contributed by atoms with E-state index in [1.54, 1.807) is 30.6 Å². The van der Waals surface area contributed by atoms with E-state index in [9.17, 15) is 9.90 Å². The number of piperidine rings is 1. The summed E-state index contributed by atoms with van der Waals surface area (Å²) in [6, 6.07) is 14.9. The van der Waals surface area contributed by atoms with Crippen LogP contribution in [0.5, 0.6) is 0 Å². The van der Waals surface area contributed by atoms with Gasteiger partial charge in [0, 0.05) is 36.7 Å². The minimum absolute atomic E-state index is 0.0849. The van der Waals surface area contributed by atoms with Gasteiger partial charge < -0.3 is 14.7 Å². The molecule has 0 saturated carbocycles. The Balaban J connectivity index is 1.60. The van der Waals surface area contributed by atoms with Crippen LogP contribution in [0, 0.1) is 12.8 Å². The summed E-state index contributed by atoms with van der Waals surface area (Å²) in [4.78, 5) is 19.8. The number of halogens is 1. The molecule has 1 aliphatic heterocycles. The van der Waals surface area contributed by atoms with Gasteiger partial charge in [0.1, 0.15) is 5.01 Å². The van der Waals surface area contributed by atoms with Crippen LogP contribution in [0.15, 0.2) is 48.5 Å². The number of thiazole rings is 1. The van der Waals surface area contributed by atoms with Gasteiger partial charge in [-0.2, -0.15) is 0 Å². The van der Waals surface area contributed by atoms with Gasteiger partial charge in [0.2, 0.25) is 0 Å². The first-order valence-corrected chi connectivity index (χ1v) is 11.5. The molecular formula is C24H25ClN2O3S. The highest BCUT2D eigenvalue weighted by Gasteiger charge is 2.32. The van der Waals surface area contributed by atoms with E-state index in [1.165, 1.54) is 0 Å². The van der Waals surface area contributed by atoms with Crippen molar-refractivity contribution in [2.24, 2.45) is 5.92 Å². The van der Waals surface area contributed by atoms with Crippen molar-refractivity contribution in [2.75, 3.05) is 25.1 Å². The van der Waals surface area contributed by atoms with E-state index >= 15 is 0 Å². The van der Waals surface area contributed by atoms with Crippen molar-refractivity contribution in [3.05, 3.63) is 69.7 Å². The Labute approximate surface area is 191 Å². The Morgan fingerprint density at radius 1 is 1.26 bits per heavy atom. The van der Waals surface area contributed by atoms with Crippen LogP contribution in [0.1, 0.15) is 39.9 Å². The van der Waals surface area contributed by atoms with E-state index in [-0.39, 0.29) is 12.0 Å². The molecule has 1 saturated heterocycles. The average Bonchev–Trinajstić information content (AvgIpc) is 3.16. The number of methoxy groups -OCH3 is 1. The van der Waals surface area contributed by atoms with Crippen LogP contribution in [-0.4, -0.2) is 36.3 Å². The molecule has 0 radical (unpaired) electrons. The standard InChI is InChI=1S/C24H25ClN2O3S/c1-15-22(31-23(26-15)16-9-11-18(25)12-10-16)21(30-2)17-6-5-13-27(14-17)20-8-4-3-7-19(20)24(28)29/h3-4,7-12,17,21H,5-6,13-14H2,1-2H3,(H,28,29)/t17?,21-/m1/s1. The van der Waals surface area contributed by atoms with E-state index < -0.39 is 5.97 Å². The Bertz CT molecular complexity index is 1070. The molecular weight excluding hydrogens is 432 g/mol. The molecule has 2 atom stereocenters. The fraction of sp³-hybridized carbons (Fsp3) is 0.333. The largest absolute Gasteiger partial charge is 0.478 e. The molecule has 1 unspecified atom stereocenters. The number of benzene rings is 2. The molecule has 4 rings (SSSR count). The number of para-hydroxylation sites is 1. The number of aryl methyl sites for hydroxylation is 1. The predicted molar refractivity (Wildman–Crippen MR) is 125 cm³/mol. The van der Waals surface area contributed by atoms with Gasteiger partial charge in [-0.3, -0.25) is 0 Å². The molecule has 0 aliphatic carbocycles. The van der Waals surface area contributed by atoms with Crippen molar-refractivity contribution < 1.29 is 14.6 Å². The Morgan fingerprint density at radius 3 is 2.71 bits per heavy atom. The van der Waals surface area contributed by atoms with Gasteiger partial charge in [0.15, 0.2) is 0 Å². The number of ether oxygens (including phenoxy) is 1. The number of carbonyl (C=O) groups is 1.